The van der Waals surface area contributed by atoms with Crippen LogP contribution in [0.2, 0.25) is 10.0 Å². The molecule has 0 aliphatic carbocycles. The molecule has 4 heterocycles. The number of halogens is 3. The Morgan fingerprint density at radius 3 is 1.69 bits per heavy atom. The number of rotatable bonds is 5. The van der Waals surface area contributed by atoms with E-state index >= 15 is 0 Å². The van der Waals surface area contributed by atoms with E-state index in [1.165, 1.54) is 0 Å². The van der Waals surface area contributed by atoms with Gasteiger partial charge >= 0.3 is 0 Å². The van der Waals surface area contributed by atoms with Crippen molar-refractivity contribution >= 4 is 34.8 Å². The van der Waals surface area contributed by atoms with Crippen LogP contribution in [0, 0.1) is 0 Å². The van der Waals surface area contributed by atoms with Crippen molar-refractivity contribution in [1.82, 2.24) is 30.4 Å². The van der Waals surface area contributed by atoms with Crippen LogP contribution < -0.4 is 0 Å². The molecule has 0 amide bonds. The monoisotopic (exact) mass is 485 g/mol. The smallest absolute Gasteiger partial charge is 0.113 e. The maximum Gasteiger partial charge on any atom is 0.113 e. The zero-order chi connectivity index (χ0) is 22.8. The standard InChI is InChI=1S/C10H7Cl2N3.C10H7ClN6/c11-6-7-3-4-9(15-14-7)10-8(12)2-1-5-13-10;11-8-2-1-5-13-10(8)9-4-3-7(15-16-9)6-14-17-12/h1-5H,6H2;1-5H,6H2. The summed E-state index contributed by atoms with van der Waals surface area (Å²) in [6.07, 6.45) is 3.30. The molecule has 0 radical (unpaired) electrons. The van der Waals surface area contributed by atoms with E-state index in [1.54, 1.807) is 60.9 Å². The van der Waals surface area contributed by atoms with Gasteiger partial charge in [-0.2, -0.15) is 10.2 Å². The molecular weight excluding hydrogens is 473 g/mol. The average molecular weight is 487 g/mol. The third-order valence-electron chi connectivity index (χ3n) is 3.87. The molecule has 12 heteroatoms. The van der Waals surface area contributed by atoms with E-state index < -0.39 is 0 Å². The summed E-state index contributed by atoms with van der Waals surface area (Å²) in [6, 6.07) is 14.1. The van der Waals surface area contributed by atoms with Crippen molar-refractivity contribution in [3.63, 3.8) is 0 Å². The highest BCUT2D eigenvalue weighted by Crippen LogP contribution is 2.23. The minimum Gasteiger partial charge on any atom is -0.253 e. The molecule has 9 nitrogen and oxygen atoms in total. The first-order valence-corrected chi connectivity index (χ1v) is 10.3. The van der Waals surface area contributed by atoms with Crippen molar-refractivity contribution in [3.05, 3.63) is 92.8 Å². The van der Waals surface area contributed by atoms with Gasteiger partial charge in [-0.15, -0.1) is 21.8 Å². The molecule has 0 fully saturated rings. The van der Waals surface area contributed by atoms with E-state index in [0.29, 0.717) is 44.4 Å². The molecule has 0 atom stereocenters. The van der Waals surface area contributed by atoms with Gasteiger partial charge in [0.15, 0.2) is 0 Å². The highest BCUT2D eigenvalue weighted by Gasteiger charge is 2.07. The Morgan fingerprint density at radius 2 is 1.28 bits per heavy atom. The number of pyridine rings is 2. The lowest BCUT2D eigenvalue weighted by Crippen LogP contribution is -1.94. The molecule has 0 aromatic carbocycles. The van der Waals surface area contributed by atoms with Crippen LogP contribution in [0.5, 0.6) is 0 Å². The molecule has 0 aliphatic rings. The predicted octanol–water partition coefficient (Wildman–Crippen LogP) is 5.93. The van der Waals surface area contributed by atoms with Gasteiger partial charge in [-0.3, -0.25) is 9.97 Å². The van der Waals surface area contributed by atoms with Gasteiger partial charge in [-0.25, -0.2) is 0 Å². The van der Waals surface area contributed by atoms with Gasteiger partial charge in [0.05, 0.1) is 33.9 Å². The Morgan fingerprint density at radius 1 is 0.750 bits per heavy atom. The number of nitrogens with zero attached hydrogens (tertiary/aromatic N) is 9. The van der Waals surface area contributed by atoms with E-state index in [-0.39, 0.29) is 6.54 Å². The number of alkyl halides is 1. The fourth-order valence-corrected chi connectivity index (χ4v) is 2.96. The van der Waals surface area contributed by atoms with Crippen LogP contribution in [0.15, 0.2) is 66.0 Å². The molecule has 0 N–H and O–H groups in total. The summed E-state index contributed by atoms with van der Waals surface area (Å²) in [4.78, 5) is 10.9. The quantitative estimate of drug-likeness (QED) is 0.149. The largest absolute Gasteiger partial charge is 0.253 e. The molecule has 160 valence electrons. The first-order valence-electron chi connectivity index (χ1n) is 9.06. The maximum absolute atomic E-state index is 8.18. The zero-order valence-electron chi connectivity index (χ0n) is 16.3. The van der Waals surface area contributed by atoms with Gasteiger partial charge in [0, 0.05) is 17.3 Å². The van der Waals surface area contributed by atoms with Gasteiger partial charge in [0.2, 0.25) is 0 Å². The third kappa shape index (κ3) is 6.32. The topological polar surface area (TPSA) is 126 Å². The maximum atomic E-state index is 8.18. The number of hydrogen-bond donors (Lipinski definition) is 0. The number of aromatic nitrogens is 6. The third-order valence-corrected chi connectivity index (χ3v) is 4.76. The van der Waals surface area contributed by atoms with Gasteiger partial charge in [-0.05, 0) is 54.1 Å². The zero-order valence-corrected chi connectivity index (χ0v) is 18.6. The van der Waals surface area contributed by atoms with Crippen LogP contribution in [-0.4, -0.2) is 30.4 Å². The molecular formula is C20H14Cl3N9. The lowest BCUT2D eigenvalue weighted by molar-refractivity contribution is 0.894. The van der Waals surface area contributed by atoms with Crippen LogP contribution in [0.3, 0.4) is 0 Å². The summed E-state index contributed by atoms with van der Waals surface area (Å²) in [7, 11) is 0. The second kappa shape index (κ2) is 11.9. The second-order valence-corrected chi connectivity index (χ2v) is 7.09. The highest BCUT2D eigenvalue weighted by molar-refractivity contribution is 6.33. The Balaban J connectivity index is 0.000000182. The molecule has 0 saturated carbocycles. The Hall–Kier alpha value is -3.36. The second-order valence-electron chi connectivity index (χ2n) is 6.01. The van der Waals surface area contributed by atoms with Gasteiger partial charge in [0.1, 0.15) is 22.8 Å². The molecule has 4 aromatic heterocycles. The van der Waals surface area contributed by atoms with E-state index in [0.717, 1.165) is 5.69 Å². The Labute approximate surface area is 198 Å². The molecule has 0 saturated heterocycles. The lowest BCUT2D eigenvalue weighted by Gasteiger charge is -2.01. The molecule has 0 aliphatic heterocycles. The Kier molecular flexibility index (Phi) is 8.65. The van der Waals surface area contributed by atoms with Crippen molar-refractivity contribution in [1.29, 1.82) is 0 Å². The van der Waals surface area contributed by atoms with Crippen molar-refractivity contribution in [3.8, 4) is 22.8 Å². The van der Waals surface area contributed by atoms with Crippen LogP contribution >= 0.6 is 34.8 Å². The van der Waals surface area contributed by atoms with Gasteiger partial charge in [-0.1, -0.05) is 28.3 Å². The van der Waals surface area contributed by atoms with Crippen molar-refractivity contribution in [2.24, 2.45) is 5.11 Å². The number of azide groups is 1. The predicted molar refractivity (Wildman–Crippen MR) is 123 cm³/mol. The number of hydrogen-bond acceptors (Lipinski definition) is 7. The summed E-state index contributed by atoms with van der Waals surface area (Å²) in [5.74, 6) is 0.350. The highest BCUT2D eigenvalue weighted by atomic mass is 35.5. The van der Waals surface area contributed by atoms with Crippen molar-refractivity contribution in [2.75, 3.05) is 0 Å². The van der Waals surface area contributed by atoms with Gasteiger partial charge in [0.25, 0.3) is 0 Å². The molecule has 32 heavy (non-hydrogen) atoms. The molecule has 0 bridgehead atoms. The SMILES string of the molecule is ClCc1ccc(-c2ncccc2Cl)nn1.[N-]=[N+]=NCc1ccc(-c2ncccc2Cl)nn1. The van der Waals surface area contributed by atoms with E-state index in [4.69, 9.17) is 40.3 Å². The van der Waals surface area contributed by atoms with Crippen LogP contribution in [0.4, 0.5) is 0 Å². The van der Waals surface area contributed by atoms with Crippen LogP contribution in [-0.2, 0) is 12.4 Å². The first kappa shape index (κ1) is 23.3. The summed E-state index contributed by atoms with van der Waals surface area (Å²) >= 11 is 17.6. The summed E-state index contributed by atoms with van der Waals surface area (Å²) < 4.78 is 0. The Bertz CT molecular complexity index is 1210. The fourth-order valence-electron chi connectivity index (χ4n) is 2.38. The van der Waals surface area contributed by atoms with Crippen LogP contribution in [0.25, 0.3) is 33.2 Å². The molecule has 4 rings (SSSR count). The first-order chi connectivity index (χ1) is 15.6. The molecule has 4 aromatic rings. The normalized spacial score (nSPS) is 9.97. The van der Waals surface area contributed by atoms with Crippen molar-refractivity contribution < 1.29 is 0 Å². The summed E-state index contributed by atoms with van der Waals surface area (Å²) in [6.45, 7) is 0.180. The van der Waals surface area contributed by atoms with Gasteiger partial charge < -0.3 is 0 Å². The molecule has 0 spiro atoms. The molecule has 0 unspecified atom stereocenters. The van der Waals surface area contributed by atoms with E-state index in [2.05, 4.69) is 40.4 Å². The summed E-state index contributed by atoms with van der Waals surface area (Å²) in [5, 5.41) is 20.3. The van der Waals surface area contributed by atoms with E-state index in [9.17, 15) is 0 Å². The minimum absolute atomic E-state index is 0.180. The van der Waals surface area contributed by atoms with Crippen molar-refractivity contribution in [2.45, 2.75) is 12.4 Å². The van der Waals surface area contributed by atoms with E-state index in [1.807, 2.05) is 0 Å². The lowest BCUT2D eigenvalue weighted by atomic mass is 10.2. The minimum atomic E-state index is 0.180. The van der Waals surface area contributed by atoms with Crippen LogP contribution in [0.1, 0.15) is 11.4 Å². The fraction of sp³-hybridized carbons (Fsp3) is 0.100. The average Bonchev–Trinajstić information content (AvgIpc) is 2.84. The summed E-state index contributed by atoms with van der Waals surface area (Å²) in [5.41, 5.74) is 11.9.